The second kappa shape index (κ2) is 5.88. The van der Waals surface area contributed by atoms with Crippen LogP contribution in [-0.4, -0.2) is 27.8 Å². The fourth-order valence-corrected chi connectivity index (χ4v) is 4.04. The summed E-state index contributed by atoms with van der Waals surface area (Å²) >= 11 is 7.65. The van der Waals surface area contributed by atoms with Crippen LogP contribution in [0, 0.1) is 0 Å². The molecule has 1 aromatic heterocycles. The molecule has 1 aliphatic rings. The summed E-state index contributed by atoms with van der Waals surface area (Å²) in [6.45, 7) is 1.29. The highest BCUT2D eigenvalue weighted by atomic mass is 35.5. The van der Waals surface area contributed by atoms with Gasteiger partial charge in [0.25, 0.3) is 0 Å². The summed E-state index contributed by atoms with van der Waals surface area (Å²) in [4.78, 5) is 1.38. The van der Waals surface area contributed by atoms with Crippen LogP contribution >= 0.6 is 22.9 Å². The molecule has 0 radical (unpaired) electrons. The van der Waals surface area contributed by atoms with Crippen LogP contribution in [0.25, 0.3) is 0 Å². The standard InChI is InChI=1S/C11H17ClN2O2S2/c1-18(15,16)14-6-2-5-13-9-3-4-10-8(9)7-11(12)17-10/h7,9,13-14H,2-6H2,1H3. The van der Waals surface area contributed by atoms with Crippen molar-refractivity contribution in [2.24, 2.45) is 0 Å². The van der Waals surface area contributed by atoms with E-state index >= 15 is 0 Å². The van der Waals surface area contributed by atoms with Crippen molar-refractivity contribution in [1.29, 1.82) is 0 Å². The van der Waals surface area contributed by atoms with Gasteiger partial charge in [0.2, 0.25) is 10.0 Å². The van der Waals surface area contributed by atoms with Crippen molar-refractivity contribution in [1.82, 2.24) is 10.0 Å². The highest BCUT2D eigenvalue weighted by molar-refractivity contribution is 7.88. The van der Waals surface area contributed by atoms with Crippen molar-refractivity contribution in [2.75, 3.05) is 19.3 Å². The second-order valence-electron chi connectivity index (χ2n) is 4.49. The maximum absolute atomic E-state index is 10.9. The summed E-state index contributed by atoms with van der Waals surface area (Å²) in [6, 6.07) is 2.42. The SMILES string of the molecule is CS(=O)(=O)NCCCNC1CCc2sc(Cl)cc21. The van der Waals surface area contributed by atoms with E-state index in [0.29, 0.717) is 12.6 Å². The van der Waals surface area contributed by atoms with Crippen molar-refractivity contribution < 1.29 is 8.42 Å². The minimum absolute atomic E-state index is 0.377. The molecule has 0 spiro atoms. The number of sulfonamides is 1. The van der Waals surface area contributed by atoms with E-state index in [1.165, 1.54) is 16.7 Å². The molecule has 1 atom stereocenters. The van der Waals surface area contributed by atoms with E-state index in [9.17, 15) is 8.42 Å². The van der Waals surface area contributed by atoms with Gasteiger partial charge in [-0.3, -0.25) is 0 Å². The third-order valence-electron chi connectivity index (χ3n) is 2.96. The summed E-state index contributed by atoms with van der Waals surface area (Å²) in [5.74, 6) is 0. The van der Waals surface area contributed by atoms with Crippen LogP contribution in [-0.2, 0) is 16.4 Å². The predicted octanol–water partition coefficient (Wildman–Crippen LogP) is 1.92. The molecule has 18 heavy (non-hydrogen) atoms. The van der Waals surface area contributed by atoms with Gasteiger partial charge < -0.3 is 5.32 Å². The smallest absolute Gasteiger partial charge is 0.208 e. The van der Waals surface area contributed by atoms with Crippen molar-refractivity contribution >= 4 is 33.0 Å². The largest absolute Gasteiger partial charge is 0.310 e. The summed E-state index contributed by atoms with van der Waals surface area (Å²) in [7, 11) is -3.06. The Hall–Kier alpha value is -0.140. The first-order chi connectivity index (χ1) is 8.46. The van der Waals surface area contributed by atoms with Gasteiger partial charge in [0.05, 0.1) is 10.6 Å². The van der Waals surface area contributed by atoms with Gasteiger partial charge >= 0.3 is 0 Å². The van der Waals surface area contributed by atoms with Gasteiger partial charge in [0.15, 0.2) is 0 Å². The average molecular weight is 309 g/mol. The second-order valence-corrected chi connectivity index (χ2v) is 8.10. The molecule has 1 aromatic rings. The van der Waals surface area contributed by atoms with Crippen LogP contribution in [0.1, 0.15) is 29.3 Å². The molecule has 4 nitrogen and oxygen atoms in total. The monoisotopic (exact) mass is 308 g/mol. The highest BCUT2D eigenvalue weighted by Crippen LogP contribution is 2.39. The fraction of sp³-hybridized carbons (Fsp3) is 0.636. The molecule has 7 heteroatoms. The Bertz CT molecular complexity index is 513. The lowest BCUT2D eigenvalue weighted by Crippen LogP contribution is -2.27. The Kier molecular flexibility index (Phi) is 4.66. The molecule has 0 bridgehead atoms. The van der Waals surface area contributed by atoms with Crippen molar-refractivity contribution in [3.63, 3.8) is 0 Å². The summed E-state index contributed by atoms with van der Waals surface area (Å²) < 4.78 is 25.1. The van der Waals surface area contributed by atoms with Gasteiger partial charge in [-0.05, 0) is 37.4 Å². The first-order valence-corrected chi connectivity index (χ1v) is 9.00. The van der Waals surface area contributed by atoms with Gasteiger partial charge in [-0.2, -0.15) is 0 Å². The molecule has 1 heterocycles. The number of nitrogens with one attached hydrogen (secondary N) is 2. The first kappa shape index (κ1) is 14.3. The van der Waals surface area contributed by atoms with Crippen LogP contribution in [0.15, 0.2) is 6.07 Å². The van der Waals surface area contributed by atoms with Crippen LogP contribution in [0.5, 0.6) is 0 Å². The number of halogens is 1. The zero-order valence-electron chi connectivity index (χ0n) is 10.2. The Labute approximate surface area is 117 Å². The lowest BCUT2D eigenvalue weighted by atomic mass is 10.2. The molecule has 1 unspecified atom stereocenters. The summed E-state index contributed by atoms with van der Waals surface area (Å²) in [5, 5.41) is 3.45. The normalized spacial score (nSPS) is 19.1. The van der Waals surface area contributed by atoms with Crippen molar-refractivity contribution in [3.8, 4) is 0 Å². The topological polar surface area (TPSA) is 58.2 Å². The number of hydrogen-bond donors (Lipinski definition) is 2. The molecule has 0 amide bonds. The predicted molar refractivity (Wildman–Crippen MR) is 75.9 cm³/mol. The fourth-order valence-electron chi connectivity index (χ4n) is 2.16. The Morgan fingerprint density at radius 3 is 3.00 bits per heavy atom. The van der Waals surface area contributed by atoms with E-state index in [2.05, 4.69) is 10.0 Å². The third-order valence-corrected chi connectivity index (χ3v) is 5.02. The van der Waals surface area contributed by atoms with Crippen molar-refractivity contribution in [2.45, 2.75) is 25.3 Å². The molecule has 0 fully saturated rings. The molecular weight excluding hydrogens is 292 g/mol. The quantitative estimate of drug-likeness (QED) is 0.789. The zero-order valence-corrected chi connectivity index (χ0v) is 12.6. The van der Waals surface area contributed by atoms with E-state index < -0.39 is 10.0 Å². The van der Waals surface area contributed by atoms with E-state index in [0.717, 1.165) is 30.1 Å². The van der Waals surface area contributed by atoms with E-state index in [-0.39, 0.29) is 0 Å². The van der Waals surface area contributed by atoms with Gasteiger partial charge in [0.1, 0.15) is 0 Å². The minimum atomic E-state index is -3.06. The van der Waals surface area contributed by atoms with Gasteiger partial charge in [-0.1, -0.05) is 11.6 Å². The Balaban J connectivity index is 1.72. The first-order valence-electron chi connectivity index (χ1n) is 5.92. The molecule has 0 saturated carbocycles. The Morgan fingerprint density at radius 1 is 1.50 bits per heavy atom. The number of hydrogen-bond acceptors (Lipinski definition) is 4. The van der Waals surface area contributed by atoms with Gasteiger partial charge in [-0.25, -0.2) is 13.1 Å². The van der Waals surface area contributed by atoms with Crippen LogP contribution in [0.3, 0.4) is 0 Å². The summed E-state index contributed by atoms with van der Waals surface area (Å²) in [5.41, 5.74) is 1.32. The van der Waals surface area contributed by atoms with E-state index in [1.54, 1.807) is 11.3 Å². The summed E-state index contributed by atoms with van der Waals surface area (Å²) in [6.07, 6.45) is 4.16. The lowest BCUT2D eigenvalue weighted by molar-refractivity contribution is 0.517. The Morgan fingerprint density at radius 2 is 2.28 bits per heavy atom. The molecule has 0 aromatic carbocycles. The molecule has 0 aliphatic heterocycles. The van der Waals surface area contributed by atoms with Gasteiger partial charge in [-0.15, -0.1) is 11.3 Å². The van der Waals surface area contributed by atoms with E-state index in [1.807, 2.05) is 6.07 Å². The van der Waals surface area contributed by atoms with E-state index in [4.69, 9.17) is 11.6 Å². The lowest BCUT2D eigenvalue weighted by Gasteiger charge is -2.12. The molecular formula is C11H17ClN2O2S2. The van der Waals surface area contributed by atoms with Crippen molar-refractivity contribution in [3.05, 3.63) is 20.8 Å². The number of fused-ring (bicyclic) bond motifs is 1. The van der Waals surface area contributed by atoms with Gasteiger partial charge in [0, 0.05) is 17.5 Å². The van der Waals surface area contributed by atoms with Crippen LogP contribution < -0.4 is 10.0 Å². The number of aryl methyl sites for hydroxylation is 1. The van der Waals surface area contributed by atoms with Crippen LogP contribution in [0.4, 0.5) is 0 Å². The maximum atomic E-state index is 10.9. The number of thiophene rings is 1. The average Bonchev–Trinajstić information content (AvgIpc) is 2.76. The molecule has 0 saturated heterocycles. The third kappa shape index (κ3) is 3.93. The zero-order chi connectivity index (χ0) is 13.2. The minimum Gasteiger partial charge on any atom is -0.310 e. The number of rotatable bonds is 6. The molecule has 1 aliphatic carbocycles. The maximum Gasteiger partial charge on any atom is 0.208 e. The molecule has 102 valence electrons. The van der Waals surface area contributed by atoms with Crippen LogP contribution in [0.2, 0.25) is 4.34 Å². The molecule has 2 rings (SSSR count). The molecule has 2 N–H and O–H groups in total. The highest BCUT2D eigenvalue weighted by Gasteiger charge is 2.24.